The lowest BCUT2D eigenvalue weighted by Gasteiger charge is -2.23. The molecule has 0 spiro atoms. The third-order valence-electron chi connectivity index (χ3n) is 3.94. The van der Waals surface area contributed by atoms with Crippen molar-refractivity contribution in [1.29, 1.82) is 0 Å². The molecule has 0 radical (unpaired) electrons. The summed E-state index contributed by atoms with van der Waals surface area (Å²) >= 11 is 0. The zero-order valence-electron chi connectivity index (χ0n) is 12.8. The molecule has 0 saturated carbocycles. The van der Waals surface area contributed by atoms with Crippen molar-refractivity contribution in [3.05, 3.63) is 35.5 Å². The Morgan fingerprint density at radius 2 is 2.33 bits per heavy atom. The molecule has 1 fully saturated rings. The first-order valence-electron chi connectivity index (χ1n) is 7.71. The van der Waals surface area contributed by atoms with Gasteiger partial charge >= 0.3 is 0 Å². The van der Waals surface area contributed by atoms with Crippen molar-refractivity contribution in [3.63, 3.8) is 0 Å². The molecule has 1 saturated heterocycles. The fourth-order valence-electron chi connectivity index (χ4n) is 2.93. The van der Waals surface area contributed by atoms with Crippen LogP contribution in [0.15, 0.2) is 29.8 Å². The van der Waals surface area contributed by atoms with Crippen LogP contribution in [0.4, 0.5) is 0 Å². The molecule has 2 aromatic rings. The van der Waals surface area contributed by atoms with Crippen molar-refractivity contribution in [2.24, 2.45) is 0 Å². The first-order valence-corrected chi connectivity index (χ1v) is 7.71. The van der Waals surface area contributed by atoms with E-state index in [1.165, 1.54) is 16.5 Å². The second-order valence-electron chi connectivity index (χ2n) is 5.64. The predicted octanol–water partition coefficient (Wildman–Crippen LogP) is 2.84. The number of aryl methyl sites for hydroxylation is 1. The zero-order chi connectivity index (χ0) is 14.7. The summed E-state index contributed by atoms with van der Waals surface area (Å²) in [5.41, 5.74) is 3.62. The second kappa shape index (κ2) is 6.41. The summed E-state index contributed by atoms with van der Waals surface area (Å²) in [5.74, 6) is 0. The van der Waals surface area contributed by atoms with Gasteiger partial charge < -0.3 is 10.1 Å². The van der Waals surface area contributed by atoms with E-state index >= 15 is 0 Å². The summed E-state index contributed by atoms with van der Waals surface area (Å²) in [5, 5.41) is 9.46. The number of nitrogens with one attached hydrogen (secondary N) is 1. The lowest BCUT2D eigenvalue weighted by molar-refractivity contribution is 0.0771. The van der Waals surface area contributed by atoms with Crippen molar-refractivity contribution in [2.45, 2.75) is 32.9 Å². The van der Waals surface area contributed by atoms with Gasteiger partial charge in [0, 0.05) is 24.5 Å². The molecule has 1 aliphatic heterocycles. The fraction of sp³-hybridized carbons (Fsp3) is 0.471. The molecule has 4 nitrogen and oxygen atoms in total. The molecule has 1 N–H and O–H groups in total. The molecular weight excluding hydrogens is 262 g/mol. The van der Waals surface area contributed by atoms with Crippen LogP contribution < -0.4 is 5.32 Å². The molecule has 1 aromatic heterocycles. The SMILES string of the molecule is CCn1nc(/C=C(/C)CC2COCCN2)c2ccccc21. The van der Waals surface area contributed by atoms with Gasteiger partial charge in [0.1, 0.15) is 0 Å². The van der Waals surface area contributed by atoms with Crippen LogP contribution in [0.2, 0.25) is 0 Å². The Balaban J connectivity index is 1.84. The van der Waals surface area contributed by atoms with E-state index in [0.29, 0.717) is 6.04 Å². The van der Waals surface area contributed by atoms with Gasteiger partial charge in [-0.3, -0.25) is 4.68 Å². The minimum absolute atomic E-state index is 0.425. The van der Waals surface area contributed by atoms with Gasteiger partial charge in [-0.2, -0.15) is 5.10 Å². The monoisotopic (exact) mass is 285 g/mol. The van der Waals surface area contributed by atoms with E-state index in [-0.39, 0.29) is 0 Å². The van der Waals surface area contributed by atoms with Crippen LogP contribution in [0, 0.1) is 0 Å². The van der Waals surface area contributed by atoms with Crippen LogP contribution in [-0.4, -0.2) is 35.6 Å². The highest BCUT2D eigenvalue weighted by molar-refractivity contribution is 5.87. The first kappa shape index (κ1) is 14.3. The van der Waals surface area contributed by atoms with Crippen LogP contribution in [0.5, 0.6) is 0 Å². The molecule has 21 heavy (non-hydrogen) atoms. The maximum Gasteiger partial charge on any atom is 0.0929 e. The van der Waals surface area contributed by atoms with Gasteiger partial charge in [-0.25, -0.2) is 0 Å². The summed E-state index contributed by atoms with van der Waals surface area (Å²) in [7, 11) is 0. The lowest BCUT2D eigenvalue weighted by Crippen LogP contribution is -2.41. The Bertz CT molecular complexity index is 639. The van der Waals surface area contributed by atoms with Crippen LogP contribution in [0.1, 0.15) is 26.0 Å². The molecule has 1 unspecified atom stereocenters. The van der Waals surface area contributed by atoms with E-state index in [0.717, 1.165) is 38.4 Å². The molecule has 1 atom stereocenters. The zero-order valence-corrected chi connectivity index (χ0v) is 12.8. The Hall–Kier alpha value is -1.65. The number of hydrogen-bond acceptors (Lipinski definition) is 3. The largest absolute Gasteiger partial charge is 0.379 e. The number of fused-ring (bicyclic) bond motifs is 1. The number of hydrogen-bond donors (Lipinski definition) is 1. The van der Waals surface area contributed by atoms with Crippen molar-refractivity contribution in [3.8, 4) is 0 Å². The molecule has 4 heteroatoms. The van der Waals surface area contributed by atoms with Gasteiger partial charge in [0.15, 0.2) is 0 Å². The molecule has 3 rings (SSSR count). The normalized spacial score (nSPS) is 20.1. The molecule has 112 valence electrons. The summed E-state index contributed by atoms with van der Waals surface area (Å²) < 4.78 is 7.58. The quantitative estimate of drug-likeness (QED) is 0.939. The third kappa shape index (κ3) is 3.17. The van der Waals surface area contributed by atoms with Gasteiger partial charge in [-0.1, -0.05) is 23.8 Å². The average molecular weight is 285 g/mol. The summed E-state index contributed by atoms with van der Waals surface area (Å²) in [6.45, 7) is 7.77. The maximum atomic E-state index is 5.52. The van der Waals surface area contributed by atoms with E-state index in [9.17, 15) is 0 Å². The van der Waals surface area contributed by atoms with E-state index < -0.39 is 0 Å². The van der Waals surface area contributed by atoms with Gasteiger partial charge in [-0.05, 0) is 32.4 Å². The van der Waals surface area contributed by atoms with E-state index in [2.05, 4.69) is 54.2 Å². The van der Waals surface area contributed by atoms with E-state index in [1.54, 1.807) is 0 Å². The first-order chi connectivity index (χ1) is 10.3. The number of ether oxygens (including phenoxy) is 1. The highest BCUT2D eigenvalue weighted by atomic mass is 16.5. The van der Waals surface area contributed by atoms with Crippen LogP contribution >= 0.6 is 0 Å². The summed E-state index contributed by atoms with van der Waals surface area (Å²) in [4.78, 5) is 0. The Labute approximate surface area is 125 Å². The minimum atomic E-state index is 0.425. The number of morpholine rings is 1. The molecule has 0 bridgehead atoms. The Morgan fingerprint density at radius 1 is 1.48 bits per heavy atom. The highest BCUT2D eigenvalue weighted by Gasteiger charge is 2.14. The van der Waals surface area contributed by atoms with E-state index in [1.807, 2.05) is 0 Å². The standard InChI is InChI=1S/C17H23N3O/c1-3-20-17-7-5-4-6-15(17)16(19-20)11-13(2)10-14-12-21-9-8-18-14/h4-7,11,14,18H,3,8-10,12H2,1-2H3/b13-11-. The topological polar surface area (TPSA) is 39.1 Å². The number of para-hydroxylation sites is 1. The smallest absolute Gasteiger partial charge is 0.0929 e. The second-order valence-corrected chi connectivity index (χ2v) is 5.64. The van der Waals surface area contributed by atoms with Gasteiger partial charge in [0.2, 0.25) is 0 Å². The van der Waals surface area contributed by atoms with Crippen LogP contribution in [0.3, 0.4) is 0 Å². The molecule has 0 aliphatic carbocycles. The van der Waals surface area contributed by atoms with Gasteiger partial charge in [0.05, 0.1) is 24.4 Å². The van der Waals surface area contributed by atoms with Crippen molar-refractivity contribution in [1.82, 2.24) is 15.1 Å². The molecule has 1 aliphatic rings. The maximum absolute atomic E-state index is 5.52. The molecular formula is C17H23N3O. The lowest BCUT2D eigenvalue weighted by atomic mass is 10.1. The molecule has 0 amide bonds. The molecule has 2 heterocycles. The number of benzene rings is 1. The number of aromatic nitrogens is 2. The summed E-state index contributed by atoms with van der Waals surface area (Å²) in [6.07, 6.45) is 3.22. The average Bonchev–Trinajstić information content (AvgIpc) is 2.86. The van der Waals surface area contributed by atoms with Crippen molar-refractivity contribution in [2.75, 3.05) is 19.8 Å². The van der Waals surface area contributed by atoms with E-state index in [4.69, 9.17) is 9.84 Å². The molecule has 1 aromatic carbocycles. The van der Waals surface area contributed by atoms with Crippen molar-refractivity contribution >= 4 is 17.0 Å². The predicted molar refractivity (Wildman–Crippen MR) is 86.3 cm³/mol. The van der Waals surface area contributed by atoms with Gasteiger partial charge in [0.25, 0.3) is 0 Å². The fourth-order valence-corrected chi connectivity index (χ4v) is 2.93. The third-order valence-corrected chi connectivity index (χ3v) is 3.94. The number of nitrogens with zero attached hydrogens (tertiary/aromatic N) is 2. The minimum Gasteiger partial charge on any atom is -0.379 e. The Morgan fingerprint density at radius 3 is 3.10 bits per heavy atom. The van der Waals surface area contributed by atoms with Gasteiger partial charge in [-0.15, -0.1) is 0 Å². The number of rotatable bonds is 4. The summed E-state index contributed by atoms with van der Waals surface area (Å²) in [6, 6.07) is 8.85. The van der Waals surface area contributed by atoms with Crippen LogP contribution in [-0.2, 0) is 11.3 Å². The highest BCUT2D eigenvalue weighted by Crippen LogP contribution is 2.21. The van der Waals surface area contributed by atoms with Crippen molar-refractivity contribution < 1.29 is 4.74 Å². The Kier molecular flexibility index (Phi) is 4.36. The van der Waals surface area contributed by atoms with Crippen LogP contribution in [0.25, 0.3) is 17.0 Å².